The Morgan fingerprint density at radius 2 is 1.76 bits per heavy atom. The van der Waals surface area contributed by atoms with E-state index in [0.717, 1.165) is 0 Å². The normalized spacial score (nSPS) is 17.8. The molecular weight excluding hydrogens is 278 g/mol. The number of carbonyl (C=O) groups is 2. The van der Waals surface area contributed by atoms with Crippen LogP contribution in [-0.2, 0) is 9.59 Å². The summed E-state index contributed by atoms with van der Waals surface area (Å²) < 4.78 is 15.7. The summed E-state index contributed by atoms with van der Waals surface area (Å²) in [7, 11) is 4.45. The Hall–Kier alpha value is -2.44. The molecule has 1 atom stereocenters. The second-order valence-corrected chi connectivity index (χ2v) is 4.63. The van der Waals surface area contributed by atoms with E-state index in [1.54, 1.807) is 12.1 Å². The first-order valence-electron chi connectivity index (χ1n) is 6.35. The van der Waals surface area contributed by atoms with Crippen LogP contribution in [0, 0.1) is 5.92 Å². The summed E-state index contributed by atoms with van der Waals surface area (Å²) in [6.07, 6.45) is -0.00794. The number of methoxy groups -OCH3 is 3. The van der Waals surface area contributed by atoms with Gasteiger partial charge < -0.3 is 24.2 Å². The topological polar surface area (TPSA) is 85.3 Å². The number of rotatable bonds is 5. The third kappa shape index (κ3) is 2.72. The molecule has 7 nitrogen and oxygen atoms in total. The van der Waals surface area contributed by atoms with Gasteiger partial charge in [0.05, 0.1) is 32.9 Å². The quantitative estimate of drug-likeness (QED) is 0.877. The zero-order valence-electron chi connectivity index (χ0n) is 12.1. The third-order valence-corrected chi connectivity index (χ3v) is 3.44. The van der Waals surface area contributed by atoms with Crippen molar-refractivity contribution in [2.75, 3.05) is 32.8 Å². The van der Waals surface area contributed by atoms with Crippen LogP contribution in [0.2, 0.25) is 0 Å². The number of carboxylic acid groups (broad SMARTS) is 1. The number of ether oxygens (including phenoxy) is 3. The number of hydrogen-bond donors (Lipinski definition) is 1. The van der Waals surface area contributed by atoms with E-state index in [0.29, 0.717) is 22.9 Å². The maximum absolute atomic E-state index is 12.0. The Morgan fingerprint density at radius 3 is 2.14 bits per heavy atom. The zero-order valence-corrected chi connectivity index (χ0v) is 12.1. The number of amides is 1. The van der Waals surface area contributed by atoms with E-state index in [1.807, 2.05) is 0 Å². The van der Waals surface area contributed by atoms with Gasteiger partial charge in [0.15, 0.2) is 11.5 Å². The van der Waals surface area contributed by atoms with Crippen LogP contribution in [0.5, 0.6) is 17.2 Å². The van der Waals surface area contributed by atoms with Crippen LogP contribution in [-0.4, -0.2) is 44.9 Å². The number of benzene rings is 1. The first kappa shape index (κ1) is 15.0. The van der Waals surface area contributed by atoms with Gasteiger partial charge in [-0.3, -0.25) is 9.59 Å². The van der Waals surface area contributed by atoms with E-state index >= 15 is 0 Å². The highest BCUT2D eigenvalue weighted by atomic mass is 16.5. The number of hydrogen-bond acceptors (Lipinski definition) is 5. The maximum Gasteiger partial charge on any atom is 0.308 e. The number of nitrogens with zero attached hydrogens (tertiary/aromatic N) is 1. The molecule has 21 heavy (non-hydrogen) atoms. The summed E-state index contributed by atoms with van der Waals surface area (Å²) in [4.78, 5) is 24.4. The summed E-state index contributed by atoms with van der Waals surface area (Å²) in [5, 5.41) is 9.03. The van der Waals surface area contributed by atoms with Crippen molar-refractivity contribution in [3.05, 3.63) is 12.1 Å². The van der Waals surface area contributed by atoms with Crippen molar-refractivity contribution in [3.63, 3.8) is 0 Å². The first-order valence-corrected chi connectivity index (χ1v) is 6.35. The molecule has 114 valence electrons. The van der Waals surface area contributed by atoms with Gasteiger partial charge in [-0.25, -0.2) is 0 Å². The van der Waals surface area contributed by atoms with E-state index in [2.05, 4.69) is 0 Å². The van der Waals surface area contributed by atoms with Gasteiger partial charge in [-0.2, -0.15) is 0 Å². The minimum Gasteiger partial charge on any atom is -0.493 e. The first-order chi connectivity index (χ1) is 10.0. The van der Waals surface area contributed by atoms with Crippen LogP contribution in [0.1, 0.15) is 6.42 Å². The molecular formula is C14H17NO6. The number of carboxylic acids is 1. The Labute approximate surface area is 122 Å². The van der Waals surface area contributed by atoms with Gasteiger partial charge >= 0.3 is 5.97 Å². The summed E-state index contributed by atoms with van der Waals surface area (Å²) in [5.41, 5.74) is 0.526. The van der Waals surface area contributed by atoms with Gasteiger partial charge in [0.1, 0.15) is 0 Å². The van der Waals surface area contributed by atoms with Crippen molar-refractivity contribution < 1.29 is 28.9 Å². The Bertz CT molecular complexity index is 546. The van der Waals surface area contributed by atoms with Crippen LogP contribution < -0.4 is 19.1 Å². The van der Waals surface area contributed by atoms with Crippen molar-refractivity contribution in [3.8, 4) is 17.2 Å². The van der Waals surface area contributed by atoms with E-state index in [9.17, 15) is 9.59 Å². The molecule has 0 radical (unpaired) electrons. The van der Waals surface area contributed by atoms with Crippen molar-refractivity contribution >= 4 is 17.6 Å². The molecule has 1 aliphatic rings. The van der Waals surface area contributed by atoms with Gasteiger partial charge in [-0.1, -0.05) is 0 Å². The summed E-state index contributed by atoms with van der Waals surface area (Å²) >= 11 is 0. The SMILES string of the molecule is COc1cc(N2C[C@@H](C(=O)O)CC2=O)cc(OC)c1OC. The minimum atomic E-state index is -0.974. The molecule has 1 amide bonds. The van der Waals surface area contributed by atoms with Crippen molar-refractivity contribution in [1.29, 1.82) is 0 Å². The fourth-order valence-electron chi connectivity index (χ4n) is 2.35. The second-order valence-electron chi connectivity index (χ2n) is 4.63. The fraction of sp³-hybridized carbons (Fsp3) is 0.429. The molecule has 1 fully saturated rings. The van der Waals surface area contributed by atoms with Crippen LogP contribution >= 0.6 is 0 Å². The van der Waals surface area contributed by atoms with E-state index in [1.165, 1.54) is 26.2 Å². The molecule has 0 saturated carbocycles. The molecule has 1 aromatic rings. The largest absolute Gasteiger partial charge is 0.493 e. The van der Waals surface area contributed by atoms with E-state index < -0.39 is 11.9 Å². The molecule has 0 unspecified atom stereocenters. The van der Waals surface area contributed by atoms with Gasteiger partial charge in [-0.05, 0) is 0 Å². The zero-order chi connectivity index (χ0) is 15.6. The Kier molecular flexibility index (Phi) is 4.21. The highest BCUT2D eigenvalue weighted by Crippen LogP contribution is 2.42. The van der Waals surface area contributed by atoms with Crippen molar-refractivity contribution in [1.82, 2.24) is 0 Å². The Morgan fingerprint density at radius 1 is 1.19 bits per heavy atom. The lowest BCUT2D eigenvalue weighted by atomic mass is 10.1. The van der Waals surface area contributed by atoms with Crippen molar-refractivity contribution in [2.24, 2.45) is 5.92 Å². The lowest BCUT2D eigenvalue weighted by molar-refractivity contribution is -0.141. The van der Waals surface area contributed by atoms with Gasteiger partial charge in [0, 0.05) is 25.1 Å². The highest BCUT2D eigenvalue weighted by molar-refractivity contribution is 5.99. The molecule has 1 saturated heterocycles. The average molecular weight is 295 g/mol. The lowest BCUT2D eigenvalue weighted by Crippen LogP contribution is -2.25. The van der Waals surface area contributed by atoms with Gasteiger partial charge in [0.25, 0.3) is 0 Å². The highest BCUT2D eigenvalue weighted by Gasteiger charge is 2.35. The van der Waals surface area contributed by atoms with E-state index in [-0.39, 0.29) is 18.9 Å². The average Bonchev–Trinajstić information content (AvgIpc) is 2.87. The molecule has 0 aromatic heterocycles. The van der Waals surface area contributed by atoms with Gasteiger partial charge in [0.2, 0.25) is 11.7 Å². The predicted octanol–water partition coefficient (Wildman–Crippen LogP) is 1.15. The smallest absolute Gasteiger partial charge is 0.308 e. The molecule has 7 heteroatoms. The molecule has 0 bridgehead atoms. The molecule has 1 aliphatic heterocycles. The van der Waals surface area contributed by atoms with Gasteiger partial charge in [-0.15, -0.1) is 0 Å². The molecule has 1 aromatic carbocycles. The molecule has 0 aliphatic carbocycles. The molecule has 1 heterocycles. The molecule has 1 N–H and O–H groups in total. The monoisotopic (exact) mass is 295 g/mol. The van der Waals surface area contributed by atoms with Crippen LogP contribution in [0.15, 0.2) is 12.1 Å². The van der Waals surface area contributed by atoms with Crippen LogP contribution in [0.3, 0.4) is 0 Å². The maximum atomic E-state index is 12.0. The second kappa shape index (κ2) is 5.90. The number of aliphatic carboxylic acids is 1. The van der Waals surface area contributed by atoms with Crippen molar-refractivity contribution in [2.45, 2.75) is 6.42 Å². The number of anilines is 1. The predicted molar refractivity (Wildman–Crippen MR) is 74.2 cm³/mol. The molecule has 0 spiro atoms. The van der Waals surface area contributed by atoms with Crippen LogP contribution in [0.4, 0.5) is 5.69 Å². The van der Waals surface area contributed by atoms with Crippen LogP contribution in [0.25, 0.3) is 0 Å². The number of carbonyl (C=O) groups excluding carboxylic acids is 1. The fourth-order valence-corrected chi connectivity index (χ4v) is 2.35. The summed E-state index contributed by atoms with van der Waals surface area (Å²) in [6.45, 7) is 0.132. The van der Waals surface area contributed by atoms with E-state index in [4.69, 9.17) is 19.3 Å². The third-order valence-electron chi connectivity index (χ3n) is 3.44. The Balaban J connectivity index is 2.40. The lowest BCUT2D eigenvalue weighted by Gasteiger charge is -2.20. The molecule has 2 rings (SSSR count). The standard InChI is InChI=1S/C14H17NO6/c1-19-10-5-9(6-11(20-2)13(10)21-3)15-7-8(14(17)18)4-12(15)16/h5-6,8H,4,7H2,1-3H3,(H,17,18)/t8-/m0/s1. The minimum absolute atomic E-state index is 0.00794. The summed E-state index contributed by atoms with van der Waals surface area (Å²) in [6, 6.07) is 3.26. The summed E-state index contributed by atoms with van der Waals surface area (Å²) in [5.74, 6) is -0.659.